The minimum Gasteiger partial charge on any atom is -0.478 e. The second kappa shape index (κ2) is 5.55. The Kier molecular flexibility index (Phi) is 4.51. The van der Waals surface area contributed by atoms with E-state index in [2.05, 4.69) is 9.72 Å². The van der Waals surface area contributed by atoms with Crippen molar-refractivity contribution in [2.75, 3.05) is 0 Å². The van der Waals surface area contributed by atoms with Crippen LogP contribution in [0.5, 0.6) is 5.88 Å². The highest BCUT2D eigenvalue weighted by atomic mass is 35.5. The largest absolute Gasteiger partial charge is 0.574 e. The lowest BCUT2D eigenvalue weighted by Crippen LogP contribution is -2.20. The number of carbonyl (C=O) groups is 1. The Balaban J connectivity index is 3.44. The standard InChI is InChI=1S/C9H5ClF5NO3/c10-2-4-3(8(17)18)1-5(6(11)12)16-7(4)19-9(13,14)15/h1,6H,2H2,(H,17,18). The summed E-state index contributed by atoms with van der Waals surface area (Å²) in [5, 5.41) is 8.76. The van der Waals surface area contributed by atoms with Gasteiger partial charge in [0.25, 0.3) is 6.43 Å². The van der Waals surface area contributed by atoms with Crippen molar-refractivity contribution in [3.63, 3.8) is 0 Å². The summed E-state index contributed by atoms with van der Waals surface area (Å²) in [6, 6.07) is 0.452. The maximum absolute atomic E-state index is 12.4. The molecular formula is C9H5ClF5NO3. The van der Waals surface area contributed by atoms with E-state index in [1.54, 1.807) is 0 Å². The van der Waals surface area contributed by atoms with Crippen LogP contribution in [-0.4, -0.2) is 22.4 Å². The molecule has 0 aliphatic heterocycles. The van der Waals surface area contributed by atoms with Crippen LogP contribution in [0.25, 0.3) is 0 Å². The molecule has 0 bridgehead atoms. The monoisotopic (exact) mass is 305 g/mol. The molecule has 1 N–H and O–H groups in total. The highest BCUT2D eigenvalue weighted by Gasteiger charge is 2.34. The van der Waals surface area contributed by atoms with Crippen molar-refractivity contribution in [2.45, 2.75) is 18.7 Å². The zero-order chi connectivity index (χ0) is 14.8. The smallest absolute Gasteiger partial charge is 0.478 e. The van der Waals surface area contributed by atoms with Gasteiger partial charge in [0.05, 0.1) is 11.4 Å². The van der Waals surface area contributed by atoms with E-state index < -0.39 is 47.3 Å². The van der Waals surface area contributed by atoms with Crippen LogP contribution in [-0.2, 0) is 5.88 Å². The van der Waals surface area contributed by atoms with E-state index in [1.807, 2.05) is 0 Å². The van der Waals surface area contributed by atoms with Gasteiger partial charge in [-0.2, -0.15) is 0 Å². The third-order valence-electron chi connectivity index (χ3n) is 1.91. The molecule has 0 aliphatic rings. The molecule has 0 aromatic carbocycles. The van der Waals surface area contributed by atoms with Crippen molar-refractivity contribution in [3.05, 3.63) is 22.9 Å². The zero-order valence-electron chi connectivity index (χ0n) is 8.84. The Morgan fingerprint density at radius 1 is 1.47 bits per heavy atom. The summed E-state index contributed by atoms with van der Waals surface area (Å²) in [7, 11) is 0. The van der Waals surface area contributed by atoms with Crippen LogP contribution in [0.1, 0.15) is 28.0 Å². The van der Waals surface area contributed by atoms with Gasteiger partial charge in [-0.05, 0) is 6.07 Å². The molecule has 0 amide bonds. The minimum atomic E-state index is -5.20. The molecule has 4 nitrogen and oxygen atoms in total. The number of hydrogen-bond acceptors (Lipinski definition) is 3. The molecule has 1 aromatic heterocycles. The van der Waals surface area contributed by atoms with Crippen LogP contribution in [0.2, 0.25) is 0 Å². The van der Waals surface area contributed by atoms with E-state index in [1.165, 1.54) is 0 Å². The number of pyridine rings is 1. The molecule has 1 aromatic rings. The fourth-order valence-electron chi connectivity index (χ4n) is 1.19. The number of aromatic nitrogens is 1. The van der Waals surface area contributed by atoms with Crippen LogP contribution < -0.4 is 4.74 Å². The van der Waals surface area contributed by atoms with Crippen LogP contribution in [0.4, 0.5) is 22.0 Å². The zero-order valence-corrected chi connectivity index (χ0v) is 9.60. The highest BCUT2D eigenvalue weighted by molar-refractivity contribution is 6.17. The Morgan fingerprint density at radius 3 is 2.42 bits per heavy atom. The molecule has 1 rings (SSSR count). The average molecular weight is 306 g/mol. The maximum Gasteiger partial charge on any atom is 0.574 e. The third-order valence-corrected chi connectivity index (χ3v) is 2.17. The van der Waals surface area contributed by atoms with E-state index in [0.29, 0.717) is 6.07 Å². The van der Waals surface area contributed by atoms with Gasteiger partial charge in [0, 0.05) is 5.56 Å². The van der Waals surface area contributed by atoms with Gasteiger partial charge in [-0.15, -0.1) is 24.8 Å². The first kappa shape index (κ1) is 15.4. The molecule has 0 saturated carbocycles. The molecule has 0 atom stereocenters. The summed E-state index contributed by atoms with van der Waals surface area (Å²) in [4.78, 5) is 13.7. The Bertz CT molecular complexity index is 491. The molecule has 0 fully saturated rings. The van der Waals surface area contributed by atoms with E-state index in [-0.39, 0.29) is 0 Å². The number of nitrogens with zero attached hydrogens (tertiary/aromatic N) is 1. The number of hydrogen-bond donors (Lipinski definition) is 1. The van der Waals surface area contributed by atoms with E-state index in [4.69, 9.17) is 16.7 Å². The van der Waals surface area contributed by atoms with Crippen LogP contribution in [0.3, 0.4) is 0 Å². The number of halogens is 6. The van der Waals surface area contributed by atoms with Crippen molar-refractivity contribution in [1.82, 2.24) is 4.98 Å². The first-order valence-corrected chi connectivity index (χ1v) is 5.06. The predicted molar refractivity (Wildman–Crippen MR) is 52.4 cm³/mol. The normalized spacial score (nSPS) is 11.7. The second-order valence-corrected chi connectivity index (χ2v) is 3.43. The molecule has 0 saturated heterocycles. The summed E-state index contributed by atoms with van der Waals surface area (Å²) < 4.78 is 64.5. The summed E-state index contributed by atoms with van der Waals surface area (Å²) in [6.45, 7) is 0. The molecule has 1 heterocycles. The van der Waals surface area contributed by atoms with Gasteiger partial charge >= 0.3 is 12.3 Å². The van der Waals surface area contributed by atoms with Crippen LogP contribution in [0.15, 0.2) is 6.07 Å². The highest BCUT2D eigenvalue weighted by Crippen LogP contribution is 2.31. The lowest BCUT2D eigenvalue weighted by molar-refractivity contribution is -0.276. The molecule has 0 spiro atoms. The summed E-state index contributed by atoms with van der Waals surface area (Å²) in [5.74, 6) is -3.70. The number of ether oxygens (including phenoxy) is 1. The Morgan fingerprint density at radius 2 is 2.05 bits per heavy atom. The molecule has 106 valence electrons. The Labute approximate surface area is 107 Å². The maximum atomic E-state index is 12.4. The van der Waals surface area contributed by atoms with Gasteiger partial charge < -0.3 is 9.84 Å². The van der Waals surface area contributed by atoms with Gasteiger partial charge in [0.1, 0.15) is 5.69 Å². The molecular weight excluding hydrogens is 301 g/mol. The predicted octanol–water partition coefficient (Wildman–Crippen LogP) is 3.35. The van der Waals surface area contributed by atoms with Crippen LogP contribution >= 0.6 is 11.6 Å². The lowest BCUT2D eigenvalue weighted by atomic mass is 10.1. The summed E-state index contributed by atoms with van der Waals surface area (Å²) in [6.07, 6.45) is -8.46. The quantitative estimate of drug-likeness (QED) is 0.684. The van der Waals surface area contributed by atoms with Gasteiger partial charge in [-0.3, -0.25) is 0 Å². The molecule has 0 unspecified atom stereocenters. The summed E-state index contributed by atoms with van der Waals surface area (Å²) >= 11 is 5.30. The van der Waals surface area contributed by atoms with Crippen molar-refractivity contribution < 1.29 is 36.6 Å². The van der Waals surface area contributed by atoms with Crippen molar-refractivity contribution in [1.29, 1.82) is 0 Å². The molecule has 0 aliphatic carbocycles. The lowest BCUT2D eigenvalue weighted by Gasteiger charge is -2.14. The Hall–Kier alpha value is -1.64. The van der Waals surface area contributed by atoms with E-state index in [9.17, 15) is 26.7 Å². The van der Waals surface area contributed by atoms with Gasteiger partial charge in [0.15, 0.2) is 0 Å². The average Bonchev–Trinajstić information content (AvgIpc) is 2.25. The summed E-state index contributed by atoms with van der Waals surface area (Å²) in [5.41, 5.74) is -2.60. The van der Waals surface area contributed by atoms with Gasteiger partial charge in [-0.1, -0.05) is 0 Å². The van der Waals surface area contributed by atoms with Crippen molar-refractivity contribution in [3.8, 4) is 5.88 Å². The second-order valence-electron chi connectivity index (χ2n) is 3.17. The number of rotatable bonds is 4. The molecule has 19 heavy (non-hydrogen) atoms. The topological polar surface area (TPSA) is 59.4 Å². The molecule has 10 heteroatoms. The number of carboxylic acids is 1. The first-order chi connectivity index (χ1) is 8.65. The van der Waals surface area contributed by atoms with E-state index >= 15 is 0 Å². The SMILES string of the molecule is O=C(O)c1cc(C(F)F)nc(OC(F)(F)F)c1CCl. The van der Waals surface area contributed by atoms with Gasteiger partial charge in [-0.25, -0.2) is 18.6 Å². The van der Waals surface area contributed by atoms with Crippen LogP contribution in [0, 0.1) is 0 Å². The minimum absolute atomic E-state index is 0.452. The number of alkyl halides is 6. The van der Waals surface area contributed by atoms with Crippen molar-refractivity contribution in [2.24, 2.45) is 0 Å². The fraction of sp³-hybridized carbons (Fsp3) is 0.333. The molecule has 0 radical (unpaired) electrons. The van der Waals surface area contributed by atoms with E-state index in [0.717, 1.165) is 0 Å². The number of carboxylic acid groups (broad SMARTS) is 1. The van der Waals surface area contributed by atoms with Crippen molar-refractivity contribution >= 4 is 17.6 Å². The first-order valence-electron chi connectivity index (χ1n) is 4.52. The van der Waals surface area contributed by atoms with Gasteiger partial charge in [0.2, 0.25) is 5.88 Å². The number of aromatic carboxylic acids is 1. The fourth-order valence-corrected chi connectivity index (χ4v) is 1.45. The third kappa shape index (κ3) is 3.91.